The smallest absolute Gasteiger partial charge is 0.426 e. The third-order valence-corrected chi connectivity index (χ3v) is 11.2. The first-order valence-electron chi connectivity index (χ1n) is 20.0. The molecule has 2 aromatic carbocycles. The summed E-state index contributed by atoms with van der Waals surface area (Å²) in [6, 6.07) is 10.7. The Balaban J connectivity index is 0.000000245. The van der Waals surface area contributed by atoms with Gasteiger partial charge in [-0.1, -0.05) is 35.3 Å². The summed E-state index contributed by atoms with van der Waals surface area (Å²) in [7, 11) is 0. The predicted octanol–water partition coefficient (Wildman–Crippen LogP) is 7.78. The zero-order valence-electron chi connectivity index (χ0n) is 34.0. The molecule has 4 fully saturated rings. The molecular formula is C39H46Cl2F12N6O5. The van der Waals surface area contributed by atoms with E-state index in [1.165, 1.54) is 0 Å². The van der Waals surface area contributed by atoms with E-state index < -0.39 is 43.0 Å². The lowest BCUT2D eigenvalue weighted by atomic mass is 10.1. The fourth-order valence-electron chi connectivity index (χ4n) is 6.94. The number of likely N-dealkylation sites (tertiary alicyclic amines) is 2. The lowest BCUT2D eigenvalue weighted by Gasteiger charge is -2.35. The van der Waals surface area contributed by atoms with E-state index >= 15 is 0 Å². The van der Waals surface area contributed by atoms with Gasteiger partial charge >= 0.3 is 30.8 Å². The Hall–Kier alpha value is -3.77. The average molecular weight is 978 g/mol. The molecule has 0 atom stereocenters. The second kappa shape index (κ2) is 22.6. The predicted molar refractivity (Wildman–Crippen MR) is 209 cm³/mol. The average Bonchev–Trinajstić information content (AvgIpc) is 3.97. The topological polar surface area (TPSA) is 109 Å². The van der Waals surface area contributed by atoms with E-state index in [1.54, 1.807) is 23.1 Å². The summed E-state index contributed by atoms with van der Waals surface area (Å²) < 4.78 is 145. The van der Waals surface area contributed by atoms with Crippen LogP contribution in [0.5, 0.6) is 0 Å². The first kappa shape index (κ1) is 52.9. The zero-order valence-corrected chi connectivity index (χ0v) is 35.5. The maximum Gasteiger partial charge on any atom is 0.434 e. The Kier molecular flexibility index (Phi) is 18.7. The van der Waals surface area contributed by atoms with Crippen molar-refractivity contribution in [3.05, 3.63) is 68.7 Å². The Morgan fingerprint density at radius 2 is 0.938 bits per heavy atom. The van der Waals surface area contributed by atoms with E-state index in [0.717, 1.165) is 82.0 Å². The van der Waals surface area contributed by atoms with Gasteiger partial charge in [0.25, 0.3) is 17.9 Å². The summed E-state index contributed by atoms with van der Waals surface area (Å²) in [5.74, 6) is 0.0206. The maximum absolute atomic E-state index is 12.6. The molecule has 6 rings (SSSR count). The number of alkyl halides is 12. The van der Waals surface area contributed by atoms with Crippen LogP contribution in [0.1, 0.15) is 57.5 Å². The van der Waals surface area contributed by atoms with Gasteiger partial charge in [0, 0.05) is 113 Å². The number of rotatable bonds is 7. The normalized spacial score (nSPS) is 18.2. The summed E-state index contributed by atoms with van der Waals surface area (Å²) in [4.78, 5) is 45.4. The van der Waals surface area contributed by atoms with Gasteiger partial charge in [-0.05, 0) is 61.1 Å². The molecule has 4 heterocycles. The van der Waals surface area contributed by atoms with Crippen LogP contribution in [0.3, 0.4) is 0 Å². The quantitative estimate of drug-likeness (QED) is 0.271. The van der Waals surface area contributed by atoms with Gasteiger partial charge in [0.2, 0.25) is 6.10 Å². The highest BCUT2D eigenvalue weighted by atomic mass is 35.5. The molecule has 2 aromatic rings. The number of piperazine rings is 2. The standard InChI is InChI=1S/C20H22ClF6N3O3.C16H22ClN3O.C3H2F6O/c21-15-11-13(16(31)29-5-1-2-6-29)3-4-14(15)12-28-7-9-30(10-8-28)18(32)33-17(19(22,23)24)20(25,26)27;17-15-11-13(16(21)20-7-1-2-8-20)3-4-14(15)12-19-9-5-18-6-10-19;4-2(5,6)1(10)3(7,8)9/h3-4,11,17H,1-2,5-10,12H2;3-4,11,18H,1-2,5-10,12H2;1,10H. The molecule has 4 saturated heterocycles. The first-order valence-corrected chi connectivity index (χ1v) is 20.7. The lowest BCUT2D eigenvalue weighted by Crippen LogP contribution is -2.52. The highest BCUT2D eigenvalue weighted by Gasteiger charge is 2.60. The van der Waals surface area contributed by atoms with Crippen molar-refractivity contribution in [2.45, 2.75) is 75.7 Å². The Morgan fingerprint density at radius 1 is 0.562 bits per heavy atom. The molecule has 64 heavy (non-hydrogen) atoms. The van der Waals surface area contributed by atoms with Crippen LogP contribution in [0, 0.1) is 0 Å². The van der Waals surface area contributed by atoms with Crippen LogP contribution in [0.4, 0.5) is 57.5 Å². The van der Waals surface area contributed by atoms with Gasteiger partial charge < -0.3 is 29.9 Å². The molecule has 0 spiro atoms. The molecule has 0 aromatic heterocycles. The minimum Gasteiger partial charge on any atom is -0.426 e. The van der Waals surface area contributed by atoms with Crippen molar-refractivity contribution in [2.75, 3.05) is 78.5 Å². The van der Waals surface area contributed by atoms with Crippen molar-refractivity contribution in [3.63, 3.8) is 0 Å². The van der Waals surface area contributed by atoms with Gasteiger partial charge in [0.1, 0.15) is 0 Å². The number of halogens is 14. The number of ether oxygens (including phenoxy) is 1. The molecule has 25 heteroatoms. The summed E-state index contributed by atoms with van der Waals surface area (Å²) in [6.45, 7) is 8.70. The van der Waals surface area contributed by atoms with E-state index in [-0.39, 0.29) is 38.0 Å². The lowest BCUT2D eigenvalue weighted by molar-refractivity contribution is -0.309. The maximum atomic E-state index is 12.6. The molecule has 0 unspecified atom stereocenters. The van der Waals surface area contributed by atoms with E-state index in [0.29, 0.717) is 46.4 Å². The molecule has 0 aliphatic carbocycles. The van der Waals surface area contributed by atoms with Crippen molar-refractivity contribution in [1.29, 1.82) is 0 Å². The third kappa shape index (κ3) is 15.7. The van der Waals surface area contributed by atoms with Crippen LogP contribution in [0.25, 0.3) is 0 Å². The van der Waals surface area contributed by atoms with Gasteiger partial charge in [-0.2, -0.15) is 52.7 Å². The molecule has 4 aliphatic heterocycles. The molecular weight excluding hydrogens is 931 g/mol. The molecule has 0 bridgehead atoms. The van der Waals surface area contributed by atoms with Crippen LogP contribution >= 0.6 is 23.2 Å². The number of aliphatic hydroxyl groups excluding tert-OH is 1. The molecule has 0 saturated carbocycles. The number of carbonyl (C=O) groups excluding carboxylic acids is 3. The summed E-state index contributed by atoms with van der Waals surface area (Å²) in [6.07, 6.45) is -28.7. The van der Waals surface area contributed by atoms with Crippen molar-refractivity contribution < 1.29 is 76.9 Å². The van der Waals surface area contributed by atoms with E-state index in [4.69, 9.17) is 28.3 Å². The van der Waals surface area contributed by atoms with Gasteiger partial charge in [0.15, 0.2) is 0 Å². The monoisotopic (exact) mass is 976 g/mol. The van der Waals surface area contributed by atoms with Crippen LogP contribution in [-0.4, -0.2) is 163 Å². The number of aliphatic hydroxyl groups is 1. The summed E-state index contributed by atoms with van der Waals surface area (Å²) >= 11 is 12.7. The van der Waals surface area contributed by atoms with E-state index in [2.05, 4.69) is 15.0 Å². The van der Waals surface area contributed by atoms with Gasteiger partial charge in [-0.25, -0.2) is 4.79 Å². The van der Waals surface area contributed by atoms with Gasteiger partial charge in [0.05, 0.1) is 0 Å². The second-order valence-corrected chi connectivity index (χ2v) is 16.0. The number of amides is 3. The summed E-state index contributed by atoms with van der Waals surface area (Å²) in [5.41, 5.74) is 3.00. The minimum atomic E-state index is -5.76. The van der Waals surface area contributed by atoms with Crippen molar-refractivity contribution in [2.24, 2.45) is 0 Å². The van der Waals surface area contributed by atoms with E-state index in [1.807, 2.05) is 28.0 Å². The molecule has 4 aliphatic rings. The summed E-state index contributed by atoms with van der Waals surface area (Å²) in [5, 5.41) is 11.9. The van der Waals surface area contributed by atoms with Crippen LogP contribution in [0.15, 0.2) is 36.4 Å². The van der Waals surface area contributed by atoms with Crippen LogP contribution < -0.4 is 5.32 Å². The van der Waals surface area contributed by atoms with Crippen molar-refractivity contribution in [1.82, 2.24) is 29.8 Å². The number of hydrogen-bond acceptors (Lipinski definition) is 8. The molecule has 2 N–H and O–H groups in total. The first-order chi connectivity index (χ1) is 29.8. The SMILES string of the molecule is O=C(OC(C(F)(F)F)C(F)(F)F)N1CCN(Cc2ccc(C(=O)N3CCCC3)cc2Cl)CC1.O=C(c1ccc(CN2CCNCC2)c(Cl)c1)N1CCCC1.OC(C(F)(F)F)C(F)(F)F. The molecule has 11 nitrogen and oxygen atoms in total. The van der Waals surface area contributed by atoms with Gasteiger partial charge in [-0.15, -0.1) is 0 Å². The third-order valence-electron chi connectivity index (χ3n) is 10.4. The Morgan fingerprint density at radius 3 is 1.27 bits per heavy atom. The minimum absolute atomic E-state index is 0.0934. The number of benzene rings is 2. The molecule has 0 radical (unpaired) electrons. The van der Waals surface area contributed by atoms with E-state index in [9.17, 15) is 67.1 Å². The fourth-order valence-corrected chi connectivity index (χ4v) is 7.42. The second-order valence-electron chi connectivity index (χ2n) is 15.2. The number of hydrogen-bond donors (Lipinski definition) is 2. The van der Waals surface area contributed by atoms with Crippen molar-refractivity contribution in [3.8, 4) is 0 Å². The largest absolute Gasteiger partial charge is 0.434 e. The van der Waals surface area contributed by atoms with Crippen LogP contribution in [0.2, 0.25) is 10.0 Å². The van der Waals surface area contributed by atoms with Crippen molar-refractivity contribution >= 4 is 41.1 Å². The number of carbonyl (C=O) groups is 3. The van der Waals surface area contributed by atoms with Gasteiger partial charge in [-0.3, -0.25) is 19.4 Å². The highest BCUT2D eigenvalue weighted by molar-refractivity contribution is 6.32. The highest BCUT2D eigenvalue weighted by Crippen LogP contribution is 2.36. The number of nitrogens with one attached hydrogen (secondary N) is 1. The molecule has 360 valence electrons. The Bertz CT molecular complexity index is 1830. The molecule has 3 amide bonds. The zero-order chi connectivity index (χ0) is 47.6. The number of nitrogens with zero attached hydrogens (tertiary/aromatic N) is 5. The Labute approximate surface area is 370 Å². The fraction of sp³-hybridized carbons (Fsp3) is 0.615. The van der Waals surface area contributed by atoms with Crippen LogP contribution in [-0.2, 0) is 17.8 Å².